The minimum Gasteiger partial charge on any atom is -0.493 e. The minimum atomic E-state index is 0.421. The van der Waals surface area contributed by atoms with Crippen molar-refractivity contribution in [3.8, 4) is 11.5 Å². The molecule has 1 aliphatic heterocycles. The fourth-order valence-electron chi connectivity index (χ4n) is 3.66. The number of piperidine rings is 1. The van der Waals surface area contributed by atoms with Crippen molar-refractivity contribution in [3.63, 3.8) is 0 Å². The molecule has 6 heteroatoms. The third-order valence-electron chi connectivity index (χ3n) is 5.27. The van der Waals surface area contributed by atoms with Gasteiger partial charge in [0.1, 0.15) is 12.4 Å². The van der Waals surface area contributed by atoms with E-state index in [-0.39, 0.29) is 0 Å². The molecule has 2 heterocycles. The molecule has 0 aliphatic carbocycles. The highest BCUT2D eigenvalue weighted by atomic mass is 16.5. The van der Waals surface area contributed by atoms with E-state index < -0.39 is 0 Å². The molecular formula is C21H31N3O3. The summed E-state index contributed by atoms with van der Waals surface area (Å²) in [5.41, 5.74) is 3.04. The normalized spacial score (nSPS) is 17.9. The van der Waals surface area contributed by atoms with Crippen molar-refractivity contribution in [3.05, 3.63) is 40.8 Å². The minimum absolute atomic E-state index is 0.421. The Morgan fingerprint density at radius 1 is 1.30 bits per heavy atom. The molecule has 0 bridgehead atoms. The Labute approximate surface area is 161 Å². The van der Waals surface area contributed by atoms with Crippen molar-refractivity contribution in [2.24, 2.45) is 5.92 Å². The molecular weight excluding hydrogens is 342 g/mol. The van der Waals surface area contributed by atoms with Crippen LogP contribution in [0.25, 0.3) is 0 Å². The third-order valence-corrected chi connectivity index (χ3v) is 5.27. The lowest BCUT2D eigenvalue weighted by Crippen LogP contribution is -2.37. The van der Waals surface area contributed by atoms with Gasteiger partial charge < -0.3 is 24.2 Å². The van der Waals surface area contributed by atoms with E-state index in [1.165, 1.54) is 31.5 Å². The number of ether oxygens (including phenoxy) is 2. The number of aromatic nitrogens is 1. The zero-order valence-electron chi connectivity index (χ0n) is 16.9. The Kier molecular flexibility index (Phi) is 6.74. The summed E-state index contributed by atoms with van der Waals surface area (Å²) >= 11 is 0. The first-order valence-corrected chi connectivity index (χ1v) is 9.67. The van der Waals surface area contributed by atoms with Gasteiger partial charge in [-0.3, -0.25) is 0 Å². The smallest absolute Gasteiger partial charge is 0.161 e. The molecule has 1 aromatic carbocycles. The number of rotatable bonds is 8. The Morgan fingerprint density at radius 2 is 2.15 bits per heavy atom. The number of benzene rings is 1. The average Bonchev–Trinajstić information content (AvgIpc) is 2.98. The van der Waals surface area contributed by atoms with Gasteiger partial charge in [0.2, 0.25) is 0 Å². The van der Waals surface area contributed by atoms with E-state index in [1.54, 1.807) is 7.11 Å². The van der Waals surface area contributed by atoms with Crippen LogP contribution in [0.5, 0.6) is 11.5 Å². The van der Waals surface area contributed by atoms with Crippen LogP contribution in [0.1, 0.15) is 35.4 Å². The van der Waals surface area contributed by atoms with E-state index in [0.717, 1.165) is 47.5 Å². The van der Waals surface area contributed by atoms with Crippen LogP contribution in [0.2, 0.25) is 0 Å². The van der Waals surface area contributed by atoms with Gasteiger partial charge in [0.15, 0.2) is 11.5 Å². The molecule has 1 N–H and O–H groups in total. The van der Waals surface area contributed by atoms with Crippen LogP contribution < -0.4 is 14.8 Å². The summed E-state index contributed by atoms with van der Waals surface area (Å²) in [7, 11) is 3.88. The van der Waals surface area contributed by atoms with Crippen molar-refractivity contribution < 1.29 is 14.0 Å². The van der Waals surface area contributed by atoms with E-state index in [0.29, 0.717) is 6.61 Å². The van der Waals surface area contributed by atoms with Crippen LogP contribution in [0, 0.1) is 19.8 Å². The molecule has 1 atom stereocenters. The second kappa shape index (κ2) is 9.24. The van der Waals surface area contributed by atoms with Gasteiger partial charge >= 0.3 is 0 Å². The summed E-state index contributed by atoms with van der Waals surface area (Å²) < 4.78 is 16.7. The number of nitrogens with zero attached hydrogens (tertiary/aromatic N) is 2. The van der Waals surface area contributed by atoms with Crippen LogP contribution in [-0.2, 0) is 13.2 Å². The molecule has 0 amide bonds. The van der Waals surface area contributed by atoms with Crippen molar-refractivity contribution in [2.75, 3.05) is 33.8 Å². The van der Waals surface area contributed by atoms with Crippen molar-refractivity contribution >= 4 is 0 Å². The van der Waals surface area contributed by atoms with Gasteiger partial charge in [0.25, 0.3) is 0 Å². The molecule has 0 radical (unpaired) electrons. The fraction of sp³-hybridized carbons (Fsp3) is 0.571. The second-order valence-electron chi connectivity index (χ2n) is 7.48. The van der Waals surface area contributed by atoms with Gasteiger partial charge in [-0.2, -0.15) is 0 Å². The lowest BCUT2D eigenvalue weighted by atomic mass is 9.98. The molecule has 6 nitrogen and oxygen atoms in total. The molecule has 2 aromatic rings. The highest BCUT2D eigenvalue weighted by molar-refractivity contribution is 5.43. The van der Waals surface area contributed by atoms with E-state index in [1.807, 2.05) is 26.0 Å². The Balaban J connectivity index is 1.54. The monoisotopic (exact) mass is 373 g/mol. The highest BCUT2D eigenvalue weighted by Crippen LogP contribution is 2.29. The molecule has 27 heavy (non-hydrogen) atoms. The first-order valence-electron chi connectivity index (χ1n) is 9.67. The lowest BCUT2D eigenvalue weighted by Gasteiger charge is -2.29. The number of likely N-dealkylation sites (tertiary alicyclic amines) is 1. The van der Waals surface area contributed by atoms with Crippen molar-refractivity contribution in [2.45, 2.75) is 39.8 Å². The average molecular weight is 373 g/mol. The SMILES string of the molecule is COc1cc(CNC[C@@H]2CCCN(C)C2)ccc1OCc1c(C)noc1C. The molecule has 1 fully saturated rings. The molecule has 1 aromatic heterocycles. The number of nitrogens with one attached hydrogen (secondary N) is 1. The van der Waals surface area contributed by atoms with Crippen LogP contribution in [0.3, 0.4) is 0 Å². The molecule has 0 unspecified atom stereocenters. The largest absolute Gasteiger partial charge is 0.493 e. The summed E-state index contributed by atoms with van der Waals surface area (Å²) in [5.74, 6) is 3.01. The van der Waals surface area contributed by atoms with E-state index >= 15 is 0 Å². The van der Waals surface area contributed by atoms with Gasteiger partial charge in [-0.1, -0.05) is 11.2 Å². The molecule has 0 spiro atoms. The van der Waals surface area contributed by atoms with E-state index in [4.69, 9.17) is 14.0 Å². The Hall–Kier alpha value is -2.05. The van der Waals surface area contributed by atoms with Gasteiger partial charge in [0.05, 0.1) is 18.4 Å². The zero-order chi connectivity index (χ0) is 19.2. The third kappa shape index (κ3) is 5.23. The van der Waals surface area contributed by atoms with Gasteiger partial charge in [-0.25, -0.2) is 0 Å². The fourth-order valence-corrected chi connectivity index (χ4v) is 3.66. The first kappa shape index (κ1) is 19.7. The van der Waals surface area contributed by atoms with Crippen LogP contribution >= 0.6 is 0 Å². The zero-order valence-corrected chi connectivity index (χ0v) is 16.9. The maximum atomic E-state index is 5.95. The quantitative estimate of drug-likeness (QED) is 0.766. The van der Waals surface area contributed by atoms with Gasteiger partial charge in [-0.15, -0.1) is 0 Å². The standard InChI is InChI=1S/C21H31N3O3/c1-15-19(16(2)27-23-15)14-26-20-8-7-17(10-21(20)25-4)11-22-12-18-6-5-9-24(3)13-18/h7-8,10,18,22H,5-6,9,11-14H2,1-4H3/t18-/m0/s1. The first-order chi connectivity index (χ1) is 13.1. The molecule has 3 rings (SSSR count). The second-order valence-corrected chi connectivity index (χ2v) is 7.48. The van der Waals surface area contributed by atoms with Crippen molar-refractivity contribution in [1.82, 2.24) is 15.4 Å². The predicted octanol–water partition coefficient (Wildman–Crippen LogP) is 3.31. The number of hydrogen-bond acceptors (Lipinski definition) is 6. The molecule has 0 saturated carbocycles. The number of methoxy groups -OCH3 is 1. The number of aryl methyl sites for hydroxylation is 2. The summed E-state index contributed by atoms with van der Waals surface area (Å²) in [6.45, 7) is 8.54. The van der Waals surface area contributed by atoms with Gasteiger partial charge in [-0.05, 0) is 70.4 Å². The highest BCUT2D eigenvalue weighted by Gasteiger charge is 2.17. The summed E-state index contributed by atoms with van der Waals surface area (Å²) in [6, 6.07) is 6.11. The van der Waals surface area contributed by atoms with E-state index in [2.05, 4.69) is 28.5 Å². The summed E-state index contributed by atoms with van der Waals surface area (Å²) in [4.78, 5) is 2.42. The van der Waals surface area contributed by atoms with Crippen LogP contribution in [-0.4, -0.2) is 43.8 Å². The molecule has 1 aliphatic rings. The predicted molar refractivity (Wildman–Crippen MR) is 105 cm³/mol. The summed E-state index contributed by atoms with van der Waals surface area (Å²) in [6.07, 6.45) is 2.61. The van der Waals surface area contributed by atoms with E-state index in [9.17, 15) is 0 Å². The molecule has 1 saturated heterocycles. The van der Waals surface area contributed by atoms with Gasteiger partial charge in [0, 0.05) is 13.1 Å². The van der Waals surface area contributed by atoms with Crippen LogP contribution in [0.4, 0.5) is 0 Å². The molecule has 148 valence electrons. The number of hydrogen-bond donors (Lipinski definition) is 1. The topological polar surface area (TPSA) is 59.8 Å². The maximum absolute atomic E-state index is 5.95. The van der Waals surface area contributed by atoms with Crippen molar-refractivity contribution in [1.29, 1.82) is 0 Å². The Morgan fingerprint density at radius 3 is 2.85 bits per heavy atom. The maximum Gasteiger partial charge on any atom is 0.161 e. The lowest BCUT2D eigenvalue weighted by molar-refractivity contribution is 0.206. The summed E-state index contributed by atoms with van der Waals surface area (Å²) in [5, 5.41) is 7.55. The van der Waals surface area contributed by atoms with Crippen LogP contribution in [0.15, 0.2) is 22.7 Å². The Bertz CT molecular complexity index is 725.